The number of halogens is 1. The summed E-state index contributed by atoms with van der Waals surface area (Å²) < 4.78 is 14.9. The van der Waals surface area contributed by atoms with Crippen LogP contribution in [0.4, 0.5) is 21.7 Å². The number of aromatic carboxylic acids is 1. The van der Waals surface area contributed by atoms with Gasteiger partial charge in [0.25, 0.3) is 0 Å². The van der Waals surface area contributed by atoms with Crippen LogP contribution in [0.25, 0.3) is 11.1 Å². The fourth-order valence-corrected chi connectivity index (χ4v) is 2.87. The molecule has 0 aliphatic heterocycles. The number of nitro groups is 1. The predicted octanol–water partition coefficient (Wildman–Crippen LogP) is 3.38. The topological polar surface area (TPSA) is 136 Å². The van der Waals surface area contributed by atoms with Gasteiger partial charge in [0.15, 0.2) is 0 Å². The number of hydrogen-bond donors (Lipinski definition) is 3. The second-order valence-electron chi connectivity index (χ2n) is 6.27. The van der Waals surface area contributed by atoms with Gasteiger partial charge in [0, 0.05) is 37.1 Å². The number of anilines is 2. The lowest BCUT2D eigenvalue weighted by atomic mass is 10.1. The molecule has 29 heavy (non-hydrogen) atoms. The summed E-state index contributed by atoms with van der Waals surface area (Å²) in [5.74, 6) is -1.21. The van der Waals surface area contributed by atoms with Gasteiger partial charge in [-0.05, 0) is 30.2 Å². The third kappa shape index (κ3) is 4.67. The number of aromatic nitrogens is 2. The van der Waals surface area contributed by atoms with Gasteiger partial charge in [-0.3, -0.25) is 10.1 Å². The summed E-state index contributed by atoms with van der Waals surface area (Å²) in [7, 11) is 0. The van der Waals surface area contributed by atoms with Crippen molar-refractivity contribution < 1.29 is 19.2 Å². The summed E-state index contributed by atoms with van der Waals surface area (Å²) >= 11 is 0. The van der Waals surface area contributed by atoms with Gasteiger partial charge in [0.1, 0.15) is 11.6 Å². The standard InChI is InChI=1S/C19H18FN5O4/c20-13-4-2-12(3-5-13)14-10-24(11-15(14)19(26)27)9-1-8-22-17-7-6-16(25(28)29)18(21)23-17/h2-7,10-11H,1,8-9H2,(H,26,27)(H3,21,22,23). The first-order chi connectivity index (χ1) is 13.8. The molecular formula is C19H18FN5O4. The van der Waals surface area contributed by atoms with Gasteiger partial charge in [-0.2, -0.15) is 0 Å². The lowest BCUT2D eigenvalue weighted by Gasteiger charge is -2.07. The highest BCUT2D eigenvalue weighted by Crippen LogP contribution is 2.25. The van der Waals surface area contributed by atoms with E-state index in [1.54, 1.807) is 10.8 Å². The molecule has 3 rings (SSSR count). The number of hydrogen-bond acceptors (Lipinski definition) is 6. The fourth-order valence-electron chi connectivity index (χ4n) is 2.87. The quantitative estimate of drug-likeness (QED) is 0.300. The Bertz CT molecular complexity index is 1050. The molecule has 0 aliphatic carbocycles. The van der Waals surface area contributed by atoms with E-state index < -0.39 is 16.7 Å². The van der Waals surface area contributed by atoms with E-state index in [2.05, 4.69) is 10.3 Å². The minimum absolute atomic E-state index is 0.134. The highest BCUT2D eigenvalue weighted by Gasteiger charge is 2.15. The predicted molar refractivity (Wildman–Crippen MR) is 105 cm³/mol. The zero-order valence-corrected chi connectivity index (χ0v) is 15.2. The molecule has 0 saturated heterocycles. The molecule has 0 saturated carbocycles. The molecule has 0 amide bonds. The van der Waals surface area contributed by atoms with Crippen LogP contribution in [0.5, 0.6) is 0 Å². The van der Waals surface area contributed by atoms with Crippen molar-refractivity contribution in [3.63, 3.8) is 0 Å². The zero-order chi connectivity index (χ0) is 21.0. The first kappa shape index (κ1) is 19.8. The molecule has 4 N–H and O–H groups in total. The van der Waals surface area contributed by atoms with Crippen molar-refractivity contribution in [1.29, 1.82) is 0 Å². The maximum atomic E-state index is 13.1. The van der Waals surface area contributed by atoms with Crippen molar-refractivity contribution in [2.24, 2.45) is 0 Å². The Morgan fingerprint density at radius 2 is 1.97 bits per heavy atom. The molecule has 0 bridgehead atoms. The van der Waals surface area contributed by atoms with E-state index in [-0.39, 0.29) is 17.1 Å². The van der Waals surface area contributed by atoms with Crippen LogP contribution in [0, 0.1) is 15.9 Å². The van der Waals surface area contributed by atoms with Crippen LogP contribution < -0.4 is 11.1 Å². The van der Waals surface area contributed by atoms with Gasteiger partial charge in [-0.1, -0.05) is 12.1 Å². The summed E-state index contributed by atoms with van der Waals surface area (Å²) in [5, 5.41) is 23.2. The zero-order valence-electron chi connectivity index (χ0n) is 15.2. The highest BCUT2D eigenvalue weighted by atomic mass is 19.1. The number of benzene rings is 1. The maximum Gasteiger partial charge on any atom is 0.337 e. The number of pyridine rings is 1. The SMILES string of the molecule is Nc1nc(NCCCn2cc(C(=O)O)c(-c3ccc(F)cc3)c2)ccc1[N+](=O)[O-]. The molecule has 0 aliphatic rings. The van der Waals surface area contributed by atoms with Crippen LogP contribution in [0.15, 0.2) is 48.8 Å². The average Bonchev–Trinajstić information content (AvgIpc) is 3.10. The van der Waals surface area contributed by atoms with E-state index in [0.29, 0.717) is 36.5 Å². The van der Waals surface area contributed by atoms with Crippen molar-refractivity contribution in [2.45, 2.75) is 13.0 Å². The van der Waals surface area contributed by atoms with Crippen LogP contribution in [-0.4, -0.2) is 32.1 Å². The van der Waals surface area contributed by atoms with Crippen LogP contribution in [0.2, 0.25) is 0 Å². The number of nitrogens with two attached hydrogens (primary N) is 1. The largest absolute Gasteiger partial charge is 0.478 e. The number of rotatable bonds is 8. The molecule has 0 unspecified atom stereocenters. The van der Waals surface area contributed by atoms with E-state index in [4.69, 9.17) is 5.73 Å². The van der Waals surface area contributed by atoms with Crippen molar-refractivity contribution >= 4 is 23.3 Å². The number of nitrogen functional groups attached to an aromatic ring is 1. The summed E-state index contributed by atoms with van der Waals surface area (Å²) in [6, 6.07) is 8.39. The minimum Gasteiger partial charge on any atom is -0.478 e. The molecule has 1 aromatic carbocycles. The lowest BCUT2D eigenvalue weighted by Crippen LogP contribution is -2.08. The molecule has 0 spiro atoms. The van der Waals surface area contributed by atoms with Crippen molar-refractivity contribution in [3.05, 3.63) is 70.3 Å². The Morgan fingerprint density at radius 3 is 2.59 bits per heavy atom. The smallest absolute Gasteiger partial charge is 0.337 e. The van der Waals surface area contributed by atoms with Gasteiger partial charge in [0.2, 0.25) is 5.82 Å². The van der Waals surface area contributed by atoms with E-state index in [1.807, 2.05) is 0 Å². The average molecular weight is 399 g/mol. The number of carboxylic acid groups (broad SMARTS) is 1. The van der Waals surface area contributed by atoms with E-state index in [9.17, 15) is 24.4 Å². The molecule has 3 aromatic rings. The number of aryl methyl sites for hydroxylation is 1. The van der Waals surface area contributed by atoms with Crippen molar-refractivity contribution in [2.75, 3.05) is 17.6 Å². The number of carboxylic acids is 1. The van der Waals surface area contributed by atoms with Gasteiger partial charge in [-0.15, -0.1) is 0 Å². The Balaban J connectivity index is 1.63. The van der Waals surface area contributed by atoms with E-state index in [0.717, 1.165) is 0 Å². The summed E-state index contributed by atoms with van der Waals surface area (Å²) in [6.45, 7) is 1.02. The van der Waals surface area contributed by atoms with Gasteiger partial charge >= 0.3 is 11.7 Å². The Kier molecular flexibility index (Phi) is 5.72. The van der Waals surface area contributed by atoms with E-state index >= 15 is 0 Å². The molecule has 0 fully saturated rings. The summed E-state index contributed by atoms with van der Waals surface area (Å²) in [6.07, 6.45) is 3.87. The Labute approximate surface area is 164 Å². The third-order valence-corrected chi connectivity index (χ3v) is 4.26. The lowest BCUT2D eigenvalue weighted by molar-refractivity contribution is -0.384. The molecule has 0 atom stereocenters. The molecule has 9 nitrogen and oxygen atoms in total. The normalized spacial score (nSPS) is 10.7. The molecule has 0 radical (unpaired) electrons. The van der Waals surface area contributed by atoms with Gasteiger partial charge in [-0.25, -0.2) is 14.2 Å². The van der Waals surface area contributed by atoms with Crippen LogP contribution in [0.1, 0.15) is 16.8 Å². The molecule has 10 heteroatoms. The molecule has 2 heterocycles. The monoisotopic (exact) mass is 399 g/mol. The van der Waals surface area contributed by atoms with Gasteiger partial charge < -0.3 is 20.7 Å². The van der Waals surface area contributed by atoms with Crippen molar-refractivity contribution in [1.82, 2.24) is 9.55 Å². The molecular weight excluding hydrogens is 381 g/mol. The van der Waals surface area contributed by atoms with Crippen LogP contribution in [-0.2, 0) is 6.54 Å². The van der Waals surface area contributed by atoms with Crippen molar-refractivity contribution in [3.8, 4) is 11.1 Å². The van der Waals surface area contributed by atoms with Crippen LogP contribution in [0.3, 0.4) is 0 Å². The summed E-state index contributed by atoms with van der Waals surface area (Å²) in [4.78, 5) is 25.6. The third-order valence-electron chi connectivity index (χ3n) is 4.26. The number of nitrogens with one attached hydrogen (secondary N) is 1. The van der Waals surface area contributed by atoms with Gasteiger partial charge in [0.05, 0.1) is 10.5 Å². The minimum atomic E-state index is -1.06. The fraction of sp³-hybridized carbons (Fsp3) is 0.158. The first-order valence-corrected chi connectivity index (χ1v) is 8.69. The summed E-state index contributed by atoms with van der Waals surface area (Å²) in [5.41, 5.74) is 6.56. The number of nitrogens with zero attached hydrogens (tertiary/aromatic N) is 3. The Hall–Kier alpha value is -3.95. The Morgan fingerprint density at radius 1 is 1.24 bits per heavy atom. The molecule has 2 aromatic heterocycles. The number of carbonyl (C=O) groups is 1. The van der Waals surface area contributed by atoms with E-state index in [1.165, 1.54) is 42.6 Å². The second-order valence-corrected chi connectivity index (χ2v) is 6.27. The maximum absolute atomic E-state index is 13.1. The molecule has 150 valence electrons. The first-order valence-electron chi connectivity index (χ1n) is 8.69. The second kappa shape index (κ2) is 8.38. The highest BCUT2D eigenvalue weighted by molar-refractivity contribution is 5.96. The van der Waals surface area contributed by atoms with Crippen LogP contribution >= 0.6 is 0 Å².